The number of carbonyl (C=O) groups is 1. The Labute approximate surface area is 192 Å². The van der Waals surface area contributed by atoms with Crippen LogP contribution in [0, 0.1) is 6.92 Å². The van der Waals surface area contributed by atoms with Gasteiger partial charge in [0.2, 0.25) is 0 Å². The third kappa shape index (κ3) is 5.83. The van der Waals surface area contributed by atoms with Gasteiger partial charge in [-0.15, -0.1) is 0 Å². The van der Waals surface area contributed by atoms with E-state index in [1.165, 1.54) is 0 Å². The largest absolute Gasteiger partial charge is 0.489 e. The van der Waals surface area contributed by atoms with E-state index < -0.39 is 5.97 Å². The molecule has 7 heteroatoms. The van der Waals surface area contributed by atoms with Crippen LogP contribution >= 0.6 is 0 Å². The molecule has 0 aliphatic rings. The Morgan fingerprint density at radius 2 is 1.97 bits per heavy atom. The van der Waals surface area contributed by atoms with Crippen LogP contribution in [0.3, 0.4) is 0 Å². The maximum absolute atomic E-state index is 11.1. The minimum absolute atomic E-state index is 0.0632. The van der Waals surface area contributed by atoms with Gasteiger partial charge in [-0.1, -0.05) is 36.4 Å². The molecule has 0 aliphatic heterocycles. The van der Waals surface area contributed by atoms with Crippen LogP contribution in [0.4, 0.5) is 0 Å². The fourth-order valence-corrected chi connectivity index (χ4v) is 3.65. The van der Waals surface area contributed by atoms with E-state index in [2.05, 4.69) is 15.1 Å². The molecule has 33 heavy (non-hydrogen) atoms. The fraction of sp³-hybridized carbons (Fsp3) is 0.231. The monoisotopic (exact) mass is 442 g/mol. The highest BCUT2D eigenvalue weighted by molar-refractivity contribution is 5.78. The molecule has 0 bridgehead atoms. The van der Waals surface area contributed by atoms with E-state index in [0.29, 0.717) is 13.2 Å². The second kappa shape index (κ2) is 10.1. The van der Waals surface area contributed by atoms with Crippen LogP contribution in [0.25, 0.3) is 10.9 Å². The molecule has 0 aliphatic carbocycles. The summed E-state index contributed by atoms with van der Waals surface area (Å²) in [7, 11) is 0. The summed E-state index contributed by atoms with van der Waals surface area (Å²) in [4.78, 5) is 19.8. The zero-order valence-corrected chi connectivity index (χ0v) is 18.7. The van der Waals surface area contributed by atoms with Crippen molar-refractivity contribution in [2.45, 2.75) is 39.3 Å². The van der Waals surface area contributed by atoms with Crippen LogP contribution in [0.2, 0.25) is 0 Å². The summed E-state index contributed by atoms with van der Waals surface area (Å²) in [6.45, 7) is 4.79. The van der Waals surface area contributed by atoms with E-state index in [1.54, 1.807) is 12.4 Å². The molecule has 0 saturated heterocycles. The number of carboxylic acid groups (broad SMARTS) is 1. The second-order valence-corrected chi connectivity index (χ2v) is 7.96. The number of aliphatic carboxylic acids is 1. The molecule has 1 N–H and O–H groups in total. The molecular weight excluding hydrogens is 416 g/mol. The molecule has 0 radical (unpaired) electrons. The van der Waals surface area contributed by atoms with Crippen molar-refractivity contribution in [2.75, 3.05) is 0 Å². The van der Waals surface area contributed by atoms with Gasteiger partial charge in [0.1, 0.15) is 12.4 Å². The minimum atomic E-state index is -0.817. The van der Waals surface area contributed by atoms with E-state index in [1.807, 2.05) is 79.3 Å². The lowest BCUT2D eigenvalue weighted by Gasteiger charge is -2.12. The molecule has 1 atom stereocenters. The van der Waals surface area contributed by atoms with Crippen molar-refractivity contribution in [2.24, 2.45) is 0 Å². The maximum Gasteiger partial charge on any atom is 0.304 e. The summed E-state index contributed by atoms with van der Waals surface area (Å²) in [5, 5.41) is 14.8. The quantitative estimate of drug-likeness (QED) is 0.371. The first-order chi connectivity index (χ1) is 16.0. The normalized spacial score (nSPS) is 12.3. The Kier molecular flexibility index (Phi) is 6.78. The van der Waals surface area contributed by atoms with Crippen LogP contribution in [0.1, 0.15) is 41.8 Å². The van der Waals surface area contributed by atoms with Gasteiger partial charge in [-0.05, 0) is 43.2 Å². The van der Waals surface area contributed by atoms with Crippen molar-refractivity contribution in [3.8, 4) is 5.75 Å². The second-order valence-electron chi connectivity index (χ2n) is 7.96. The molecule has 0 unspecified atom stereocenters. The third-order valence-electron chi connectivity index (χ3n) is 5.31. The molecule has 2 heterocycles. The number of aromatic nitrogens is 4. The Balaban J connectivity index is 1.40. The Hall–Kier alpha value is -4.00. The van der Waals surface area contributed by atoms with Gasteiger partial charge in [0.25, 0.3) is 0 Å². The van der Waals surface area contributed by atoms with Gasteiger partial charge in [0.15, 0.2) is 0 Å². The predicted molar refractivity (Wildman–Crippen MR) is 126 cm³/mol. The van der Waals surface area contributed by atoms with Crippen molar-refractivity contribution < 1.29 is 14.6 Å². The van der Waals surface area contributed by atoms with E-state index in [4.69, 9.17) is 9.84 Å². The average molecular weight is 443 g/mol. The summed E-state index contributed by atoms with van der Waals surface area (Å²) in [6.07, 6.45) is 9.38. The summed E-state index contributed by atoms with van der Waals surface area (Å²) in [6, 6.07) is 13.7. The molecule has 4 aromatic rings. The molecule has 4 rings (SSSR count). The van der Waals surface area contributed by atoms with Crippen molar-refractivity contribution in [3.05, 3.63) is 95.7 Å². The van der Waals surface area contributed by atoms with Crippen molar-refractivity contribution in [3.63, 3.8) is 0 Å². The molecule has 2 aromatic carbocycles. The van der Waals surface area contributed by atoms with E-state index in [-0.39, 0.29) is 12.3 Å². The van der Waals surface area contributed by atoms with Crippen LogP contribution in [-0.2, 0) is 17.9 Å². The molecular formula is C26H26N4O3. The topological polar surface area (TPSA) is 90.1 Å². The third-order valence-corrected chi connectivity index (χ3v) is 5.31. The summed E-state index contributed by atoms with van der Waals surface area (Å²) in [5.41, 5.74) is 4.62. The van der Waals surface area contributed by atoms with E-state index in [0.717, 1.165) is 39.2 Å². The summed E-state index contributed by atoms with van der Waals surface area (Å²) < 4.78 is 7.81. The number of hydrogen-bond acceptors (Lipinski definition) is 5. The highest BCUT2D eigenvalue weighted by atomic mass is 16.5. The zero-order valence-electron chi connectivity index (χ0n) is 18.7. The van der Waals surface area contributed by atoms with Crippen molar-refractivity contribution in [1.82, 2.24) is 19.7 Å². The van der Waals surface area contributed by atoms with E-state index in [9.17, 15) is 4.79 Å². The first-order valence-electron chi connectivity index (χ1n) is 10.8. The standard InChI is InChI=1S/C26H26N4O3/c1-3-4-21(12-26(31)32)20-7-9-24(10-8-20)33-17-19-5-6-22-15-30(29-25(22)11-19)16-23-14-27-18(2)13-28-23/h3-11,13-15,21H,12,16-17H2,1-2H3,(H,31,32)/t21-/m1/s1. The number of allylic oxidation sites excluding steroid dienone is 2. The summed E-state index contributed by atoms with van der Waals surface area (Å²) >= 11 is 0. The number of ether oxygens (including phenoxy) is 1. The Morgan fingerprint density at radius 1 is 1.15 bits per heavy atom. The molecule has 0 amide bonds. The number of fused-ring (bicyclic) bond motifs is 1. The lowest BCUT2D eigenvalue weighted by Crippen LogP contribution is -2.04. The van der Waals surface area contributed by atoms with Crippen LogP contribution in [-0.4, -0.2) is 30.8 Å². The van der Waals surface area contributed by atoms with Crippen LogP contribution in [0.15, 0.2) is 73.2 Å². The number of nitrogens with zero attached hydrogens (tertiary/aromatic N) is 4. The Morgan fingerprint density at radius 3 is 2.67 bits per heavy atom. The predicted octanol–water partition coefficient (Wildman–Crippen LogP) is 4.90. The zero-order chi connectivity index (χ0) is 23.2. The first-order valence-corrected chi connectivity index (χ1v) is 10.8. The van der Waals surface area contributed by atoms with Gasteiger partial charge in [-0.2, -0.15) is 5.10 Å². The lowest BCUT2D eigenvalue weighted by molar-refractivity contribution is -0.137. The maximum atomic E-state index is 11.1. The number of carboxylic acids is 1. The van der Waals surface area contributed by atoms with Gasteiger partial charge in [0.05, 0.1) is 36.1 Å². The van der Waals surface area contributed by atoms with Gasteiger partial charge in [0, 0.05) is 23.7 Å². The van der Waals surface area contributed by atoms with Gasteiger partial charge in [-0.25, -0.2) is 0 Å². The molecule has 168 valence electrons. The van der Waals surface area contributed by atoms with Gasteiger partial charge >= 0.3 is 5.97 Å². The molecule has 0 saturated carbocycles. The summed E-state index contributed by atoms with van der Waals surface area (Å²) in [5.74, 6) is -0.232. The number of benzene rings is 2. The minimum Gasteiger partial charge on any atom is -0.489 e. The fourth-order valence-electron chi connectivity index (χ4n) is 3.65. The smallest absolute Gasteiger partial charge is 0.304 e. The number of hydrogen-bond donors (Lipinski definition) is 1. The highest BCUT2D eigenvalue weighted by Gasteiger charge is 2.12. The molecule has 7 nitrogen and oxygen atoms in total. The van der Waals surface area contributed by atoms with Crippen LogP contribution < -0.4 is 4.74 Å². The Bertz CT molecular complexity index is 1260. The highest BCUT2D eigenvalue weighted by Crippen LogP contribution is 2.25. The average Bonchev–Trinajstić information content (AvgIpc) is 3.20. The first kappa shape index (κ1) is 22.2. The lowest BCUT2D eigenvalue weighted by atomic mass is 9.95. The van der Waals surface area contributed by atoms with Crippen molar-refractivity contribution >= 4 is 16.9 Å². The van der Waals surface area contributed by atoms with Gasteiger partial charge in [-0.3, -0.25) is 19.4 Å². The molecule has 0 fully saturated rings. The van der Waals surface area contributed by atoms with Crippen LogP contribution in [0.5, 0.6) is 5.75 Å². The SMILES string of the molecule is CC=C[C@H](CC(=O)O)c1ccc(OCc2ccc3cn(Cc4cnc(C)cn4)nc3c2)cc1. The van der Waals surface area contributed by atoms with Gasteiger partial charge < -0.3 is 9.84 Å². The molecule has 2 aromatic heterocycles. The van der Waals surface area contributed by atoms with Crippen molar-refractivity contribution in [1.29, 1.82) is 0 Å². The molecule has 0 spiro atoms. The van der Waals surface area contributed by atoms with E-state index >= 15 is 0 Å². The number of rotatable bonds is 9. The number of aryl methyl sites for hydroxylation is 1.